The highest BCUT2D eigenvalue weighted by Gasteiger charge is 2.26. The SMILES string of the molecule is CCN(c1ccc(C(=O)N2CCC(c3c[nH]c4ncccc34)CC2)cc1)C(C)C. The molecule has 0 aliphatic carbocycles. The number of hydrogen-bond acceptors (Lipinski definition) is 3. The Balaban J connectivity index is 1.41. The molecule has 0 atom stereocenters. The van der Waals surface area contributed by atoms with E-state index in [1.165, 1.54) is 16.6 Å². The first-order valence-electron chi connectivity index (χ1n) is 10.7. The molecule has 2 aromatic heterocycles. The van der Waals surface area contributed by atoms with Gasteiger partial charge in [0.15, 0.2) is 0 Å². The Morgan fingerprint density at radius 3 is 2.59 bits per heavy atom. The van der Waals surface area contributed by atoms with E-state index in [2.05, 4.69) is 60.0 Å². The van der Waals surface area contributed by atoms with Crippen LogP contribution in [-0.2, 0) is 0 Å². The molecule has 152 valence electrons. The number of hydrogen-bond donors (Lipinski definition) is 1. The molecule has 0 radical (unpaired) electrons. The third-order valence-electron chi connectivity index (χ3n) is 6.12. The van der Waals surface area contributed by atoms with E-state index in [1.807, 2.05) is 29.3 Å². The Morgan fingerprint density at radius 1 is 1.21 bits per heavy atom. The summed E-state index contributed by atoms with van der Waals surface area (Å²) < 4.78 is 0. The van der Waals surface area contributed by atoms with E-state index < -0.39 is 0 Å². The summed E-state index contributed by atoms with van der Waals surface area (Å²) in [5.41, 5.74) is 4.23. The average molecular weight is 391 g/mol. The fourth-order valence-electron chi connectivity index (χ4n) is 4.53. The van der Waals surface area contributed by atoms with Crippen LogP contribution in [0.2, 0.25) is 0 Å². The maximum absolute atomic E-state index is 13.0. The molecule has 0 unspecified atom stereocenters. The zero-order valence-corrected chi connectivity index (χ0v) is 17.6. The molecular formula is C24H30N4O. The lowest BCUT2D eigenvalue weighted by atomic mass is 9.89. The van der Waals surface area contributed by atoms with E-state index in [0.29, 0.717) is 12.0 Å². The normalized spacial score (nSPS) is 15.2. The number of anilines is 1. The number of H-pyrrole nitrogens is 1. The van der Waals surface area contributed by atoms with Crippen LogP contribution in [0, 0.1) is 0 Å². The number of carbonyl (C=O) groups is 1. The van der Waals surface area contributed by atoms with E-state index in [-0.39, 0.29) is 5.91 Å². The molecule has 4 rings (SSSR count). The van der Waals surface area contributed by atoms with Gasteiger partial charge in [0.05, 0.1) is 0 Å². The summed E-state index contributed by atoms with van der Waals surface area (Å²) in [5.74, 6) is 0.617. The van der Waals surface area contributed by atoms with Gasteiger partial charge in [-0.15, -0.1) is 0 Å². The molecule has 1 aliphatic heterocycles. The number of amides is 1. The van der Waals surface area contributed by atoms with Crippen LogP contribution in [0.5, 0.6) is 0 Å². The molecule has 1 aliphatic rings. The van der Waals surface area contributed by atoms with Crippen LogP contribution in [-0.4, -0.2) is 46.5 Å². The molecule has 5 nitrogen and oxygen atoms in total. The van der Waals surface area contributed by atoms with Gasteiger partial charge in [0.2, 0.25) is 0 Å². The fraction of sp³-hybridized carbons (Fsp3) is 0.417. The number of piperidine rings is 1. The second-order valence-corrected chi connectivity index (χ2v) is 8.14. The number of fused-ring (bicyclic) bond motifs is 1. The molecule has 1 aromatic carbocycles. The molecule has 29 heavy (non-hydrogen) atoms. The quantitative estimate of drug-likeness (QED) is 0.680. The predicted octanol–water partition coefficient (Wildman–Crippen LogP) is 4.82. The number of pyridine rings is 1. The Kier molecular flexibility index (Phi) is 5.56. The maximum atomic E-state index is 13.0. The van der Waals surface area contributed by atoms with Gasteiger partial charge in [-0.25, -0.2) is 4.98 Å². The number of benzene rings is 1. The lowest BCUT2D eigenvalue weighted by molar-refractivity contribution is 0.0713. The zero-order valence-electron chi connectivity index (χ0n) is 17.6. The summed E-state index contributed by atoms with van der Waals surface area (Å²) in [7, 11) is 0. The van der Waals surface area contributed by atoms with Gasteiger partial charge in [-0.3, -0.25) is 4.79 Å². The van der Waals surface area contributed by atoms with Crippen molar-refractivity contribution in [3.8, 4) is 0 Å². The number of nitrogens with one attached hydrogen (secondary N) is 1. The van der Waals surface area contributed by atoms with Crippen LogP contribution in [0.3, 0.4) is 0 Å². The second-order valence-electron chi connectivity index (χ2n) is 8.14. The summed E-state index contributed by atoms with van der Waals surface area (Å²) in [5, 5.41) is 1.21. The maximum Gasteiger partial charge on any atom is 0.253 e. The van der Waals surface area contributed by atoms with Crippen molar-refractivity contribution in [3.63, 3.8) is 0 Å². The minimum atomic E-state index is 0.142. The summed E-state index contributed by atoms with van der Waals surface area (Å²) in [4.78, 5) is 25.0. The van der Waals surface area contributed by atoms with Crippen molar-refractivity contribution in [1.82, 2.24) is 14.9 Å². The van der Waals surface area contributed by atoms with Crippen molar-refractivity contribution >= 4 is 22.6 Å². The van der Waals surface area contributed by atoms with E-state index in [1.54, 1.807) is 0 Å². The highest BCUT2D eigenvalue weighted by molar-refractivity contribution is 5.94. The standard InChI is InChI=1S/C24H30N4O/c1-4-28(17(2)3)20-9-7-19(8-10-20)24(29)27-14-11-18(12-15-27)22-16-26-23-21(22)6-5-13-25-23/h5-10,13,16-18H,4,11-12,14-15H2,1-3H3,(H,25,26). The highest BCUT2D eigenvalue weighted by atomic mass is 16.2. The number of carbonyl (C=O) groups excluding carboxylic acids is 1. The Morgan fingerprint density at radius 2 is 1.93 bits per heavy atom. The Labute approximate surface area is 172 Å². The molecule has 3 aromatic rings. The molecular weight excluding hydrogens is 360 g/mol. The Bertz CT molecular complexity index is 968. The number of likely N-dealkylation sites (tertiary alicyclic amines) is 1. The van der Waals surface area contributed by atoms with Gasteiger partial charge in [-0.2, -0.15) is 0 Å². The van der Waals surface area contributed by atoms with Crippen LogP contribution < -0.4 is 4.90 Å². The van der Waals surface area contributed by atoms with Gasteiger partial charge in [-0.05, 0) is 81.5 Å². The van der Waals surface area contributed by atoms with Crippen molar-refractivity contribution in [3.05, 3.63) is 59.9 Å². The summed E-state index contributed by atoms with van der Waals surface area (Å²) in [6.07, 6.45) is 5.88. The highest BCUT2D eigenvalue weighted by Crippen LogP contribution is 2.33. The number of nitrogens with zero attached hydrogens (tertiary/aromatic N) is 3. The minimum absolute atomic E-state index is 0.142. The molecule has 3 heterocycles. The van der Waals surface area contributed by atoms with E-state index in [9.17, 15) is 4.79 Å². The predicted molar refractivity (Wildman–Crippen MR) is 119 cm³/mol. The van der Waals surface area contributed by atoms with Crippen LogP contribution in [0.1, 0.15) is 55.5 Å². The molecule has 1 N–H and O–H groups in total. The molecule has 0 bridgehead atoms. The summed E-state index contributed by atoms with van der Waals surface area (Å²) in [6, 6.07) is 12.6. The van der Waals surface area contributed by atoms with Crippen LogP contribution in [0.4, 0.5) is 5.69 Å². The first-order chi connectivity index (χ1) is 14.1. The van der Waals surface area contributed by atoms with Gasteiger partial charge < -0.3 is 14.8 Å². The number of aromatic nitrogens is 2. The first kappa shape index (κ1) is 19.5. The average Bonchev–Trinajstić information content (AvgIpc) is 3.18. The van der Waals surface area contributed by atoms with Crippen LogP contribution in [0.15, 0.2) is 48.8 Å². The van der Waals surface area contributed by atoms with E-state index in [0.717, 1.165) is 43.7 Å². The van der Waals surface area contributed by atoms with Gasteiger partial charge in [-0.1, -0.05) is 0 Å². The largest absolute Gasteiger partial charge is 0.369 e. The monoisotopic (exact) mass is 390 g/mol. The molecule has 5 heteroatoms. The molecule has 1 saturated heterocycles. The molecule has 0 spiro atoms. The summed E-state index contributed by atoms with van der Waals surface area (Å²) in [6.45, 7) is 9.10. The van der Waals surface area contributed by atoms with Crippen LogP contribution >= 0.6 is 0 Å². The lowest BCUT2D eigenvalue weighted by Gasteiger charge is -2.32. The third-order valence-corrected chi connectivity index (χ3v) is 6.12. The van der Waals surface area contributed by atoms with Gasteiger partial charge in [0.1, 0.15) is 5.65 Å². The minimum Gasteiger partial charge on any atom is -0.369 e. The van der Waals surface area contributed by atoms with Gasteiger partial charge in [0.25, 0.3) is 5.91 Å². The summed E-state index contributed by atoms with van der Waals surface area (Å²) >= 11 is 0. The number of rotatable bonds is 5. The van der Waals surface area contributed by atoms with Crippen molar-refractivity contribution in [2.45, 2.75) is 45.6 Å². The lowest BCUT2D eigenvalue weighted by Crippen LogP contribution is -2.38. The first-order valence-corrected chi connectivity index (χ1v) is 10.7. The van der Waals surface area contributed by atoms with Crippen molar-refractivity contribution in [2.24, 2.45) is 0 Å². The molecule has 1 amide bonds. The zero-order chi connectivity index (χ0) is 20.4. The second kappa shape index (κ2) is 8.27. The Hall–Kier alpha value is -2.82. The molecule has 1 fully saturated rings. The topological polar surface area (TPSA) is 52.2 Å². The van der Waals surface area contributed by atoms with Crippen molar-refractivity contribution in [2.75, 3.05) is 24.5 Å². The van der Waals surface area contributed by atoms with Crippen LogP contribution in [0.25, 0.3) is 11.0 Å². The molecule has 0 saturated carbocycles. The van der Waals surface area contributed by atoms with Crippen molar-refractivity contribution in [1.29, 1.82) is 0 Å². The van der Waals surface area contributed by atoms with Gasteiger partial charge >= 0.3 is 0 Å². The number of aromatic amines is 1. The van der Waals surface area contributed by atoms with E-state index >= 15 is 0 Å². The van der Waals surface area contributed by atoms with Gasteiger partial charge in [0, 0.05) is 54.7 Å². The fourth-order valence-corrected chi connectivity index (χ4v) is 4.53. The van der Waals surface area contributed by atoms with Crippen molar-refractivity contribution < 1.29 is 4.79 Å². The smallest absolute Gasteiger partial charge is 0.253 e. The third kappa shape index (κ3) is 3.86. The van der Waals surface area contributed by atoms with E-state index in [4.69, 9.17) is 0 Å².